The number of carbonyl (C=O) groups excluding carboxylic acids is 3. The molecule has 0 aliphatic heterocycles. The molecule has 0 aliphatic rings. The van der Waals surface area contributed by atoms with Crippen molar-refractivity contribution < 1.29 is 201 Å². The highest BCUT2D eigenvalue weighted by Crippen LogP contribution is 2.60. The molecule has 12 nitrogen and oxygen atoms in total. The van der Waals surface area contributed by atoms with Crippen LogP contribution in [-0.4, -0.2) is 185 Å². The fraction of sp³-hybridized carbons (Fsp3) is 0.900. The summed E-state index contributed by atoms with van der Waals surface area (Å²) in [6, 6.07) is 0. The fourth-order valence-electron chi connectivity index (χ4n) is 4.53. The highest BCUT2D eigenvalue weighted by Gasteiger charge is 2.89. The molecule has 0 aromatic heterocycles. The smallest absolute Gasteiger partial charge is 0.460 e. The van der Waals surface area contributed by atoms with E-state index in [4.69, 9.17) is 0 Å². The first kappa shape index (κ1) is 71.9. The van der Waals surface area contributed by atoms with E-state index in [0.717, 1.165) is 0 Å². The zero-order valence-electron chi connectivity index (χ0n) is 35.0. The lowest BCUT2D eigenvalue weighted by Gasteiger charge is -2.37. The normalized spacial score (nSPS) is 16.1. The van der Waals surface area contributed by atoms with Crippen molar-refractivity contribution in [2.45, 2.75) is 101 Å². The number of alkyl halides is 33. The minimum atomic E-state index is -8.01. The Morgan fingerprint density at radius 3 is 0.816 bits per heavy atom. The molecule has 0 heterocycles. The molecule has 2 unspecified atom stereocenters. The molecule has 0 aromatic rings. The van der Waals surface area contributed by atoms with Crippen LogP contribution >= 0.6 is 0 Å². The third-order valence-electron chi connectivity index (χ3n) is 8.70. The molecule has 0 saturated heterocycles. The van der Waals surface area contributed by atoms with Crippen LogP contribution < -0.4 is 0 Å². The van der Waals surface area contributed by atoms with E-state index in [-0.39, 0.29) is 0 Å². The third kappa shape index (κ3) is 14.2. The Kier molecular flexibility index (Phi) is 21.7. The van der Waals surface area contributed by atoms with E-state index in [0.29, 0.717) is 0 Å². The monoisotopic (exact) mass is 1230 g/mol. The van der Waals surface area contributed by atoms with Crippen molar-refractivity contribution in [1.82, 2.24) is 0 Å². The molecule has 0 radical (unpaired) electrons. The van der Waals surface area contributed by atoms with Gasteiger partial charge in [-0.1, -0.05) is 0 Å². The van der Waals surface area contributed by atoms with Gasteiger partial charge in [0.15, 0.2) is 5.25 Å². The first-order valence-corrected chi connectivity index (χ1v) is 19.5. The Hall–Kier alpha value is -4.11. The maximum Gasteiger partial charge on any atom is 0.460 e. The van der Waals surface area contributed by atoms with Crippen LogP contribution in [0.3, 0.4) is 0 Å². The summed E-state index contributed by atoms with van der Waals surface area (Å²) in [5, 5.41) is -4.03. The molecule has 0 aliphatic carbocycles. The minimum absolute atomic E-state index is 1.88. The summed E-state index contributed by atoms with van der Waals surface area (Å²) >= 11 is 0. The number of esters is 3. The van der Waals surface area contributed by atoms with Crippen molar-refractivity contribution in [3.05, 3.63) is 0 Å². The van der Waals surface area contributed by atoms with Crippen LogP contribution in [0.25, 0.3) is 0 Å². The third-order valence-corrected chi connectivity index (χ3v) is 9.84. The second-order valence-corrected chi connectivity index (χ2v) is 15.7. The zero-order chi connectivity index (χ0) is 61.2. The quantitative estimate of drug-likeness (QED) is 0.0221. The lowest BCUT2D eigenvalue weighted by molar-refractivity contribution is -0.424. The van der Waals surface area contributed by atoms with Gasteiger partial charge >= 0.3 is 108 Å². The van der Waals surface area contributed by atoms with Crippen LogP contribution in [0.2, 0.25) is 0 Å². The minimum Gasteiger partial charge on any atom is -0.747 e. The predicted molar refractivity (Wildman–Crippen MR) is 164 cm³/mol. The van der Waals surface area contributed by atoms with Crippen LogP contribution in [-0.2, 0) is 52.9 Å². The summed E-state index contributed by atoms with van der Waals surface area (Å²) in [4.78, 5) is 37.7. The Morgan fingerprint density at radius 1 is 0.342 bits per heavy atom. The van der Waals surface area contributed by atoms with Crippen molar-refractivity contribution in [1.29, 1.82) is 0 Å². The van der Waals surface area contributed by atoms with Gasteiger partial charge in [0.2, 0.25) is 0 Å². The summed E-state index contributed by atoms with van der Waals surface area (Å²) < 4.78 is 493. The average Bonchev–Trinajstić information content (AvgIpc) is 3.20. The molecular formula is C30H22F33O12S-. The van der Waals surface area contributed by atoms with Crippen molar-refractivity contribution in [3.63, 3.8) is 0 Å². The van der Waals surface area contributed by atoms with E-state index >= 15 is 0 Å². The topological polar surface area (TPSA) is 164 Å². The van der Waals surface area contributed by atoms with Gasteiger partial charge in [-0.15, -0.1) is 0 Å². The van der Waals surface area contributed by atoms with E-state index in [9.17, 15) is 172 Å². The SMILES string of the molecule is O=C(CC(C(=O)OCCOCC(F)(F)C(F)(F)C(F)(F)C(F)(F)C(F)(F)F)C(C(=O)OCCOCC(F)(F)C(F)(F)C(F)(F)C(F)(F)C(F)(F)F)S(=O)(=O)[O-])OCCOCC(F)(F)C(F)(F)C(F)(F)C(F)(F)C(F)(F)F. The number of halogens is 33. The molecule has 0 rings (SSSR count). The summed E-state index contributed by atoms with van der Waals surface area (Å²) in [6.07, 6.45) is -25.3. The first-order valence-electron chi connectivity index (χ1n) is 18.0. The summed E-state index contributed by atoms with van der Waals surface area (Å²) in [5.41, 5.74) is 0. The van der Waals surface area contributed by atoms with Gasteiger partial charge in [-0.2, -0.15) is 145 Å². The molecule has 452 valence electrons. The van der Waals surface area contributed by atoms with Crippen LogP contribution in [0.1, 0.15) is 6.42 Å². The molecule has 0 aromatic carbocycles. The van der Waals surface area contributed by atoms with Gasteiger partial charge in [-0.05, 0) is 0 Å². The Labute approximate surface area is 396 Å². The summed E-state index contributed by atoms with van der Waals surface area (Å²) in [7, 11) is -6.81. The van der Waals surface area contributed by atoms with Crippen LogP contribution in [0, 0.1) is 5.92 Å². The summed E-state index contributed by atoms with van der Waals surface area (Å²) in [6.45, 7) is -22.1. The number of carbonyl (C=O) groups is 3. The summed E-state index contributed by atoms with van der Waals surface area (Å²) in [5.74, 6) is -103. The molecule has 0 bridgehead atoms. The second kappa shape index (κ2) is 22.9. The van der Waals surface area contributed by atoms with E-state index in [1.807, 2.05) is 0 Å². The van der Waals surface area contributed by atoms with Crippen LogP contribution in [0.15, 0.2) is 0 Å². The lowest BCUT2D eigenvalue weighted by atomic mass is 9.98. The zero-order valence-corrected chi connectivity index (χ0v) is 35.8. The predicted octanol–water partition coefficient (Wildman–Crippen LogP) is 8.90. The van der Waals surface area contributed by atoms with E-state index in [1.54, 1.807) is 0 Å². The molecule has 0 N–H and O–H groups in total. The Morgan fingerprint density at radius 2 is 0.579 bits per heavy atom. The van der Waals surface area contributed by atoms with Gasteiger partial charge in [0, 0.05) is 0 Å². The highest BCUT2D eigenvalue weighted by atomic mass is 32.2. The molecule has 0 spiro atoms. The van der Waals surface area contributed by atoms with Crippen molar-refractivity contribution >= 4 is 28.0 Å². The van der Waals surface area contributed by atoms with Gasteiger partial charge in [-0.25, -0.2) is 8.42 Å². The molecule has 0 fully saturated rings. The number of hydrogen-bond acceptors (Lipinski definition) is 12. The fourth-order valence-corrected chi connectivity index (χ4v) is 5.44. The highest BCUT2D eigenvalue weighted by molar-refractivity contribution is 7.87. The number of ether oxygens (including phenoxy) is 6. The van der Waals surface area contributed by atoms with Gasteiger partial charge in [0.05, 0.1) is 32.2 Å². The van der Waals surface area contributed by atoms with Gasteiger partial charge in [0.1, 0.15) is 49.8 Å². The number of rotatable bonds is 30. The van der Waals surface area contributed by atoms with Crippen molar-refractivity contribution in [2.75, 3.05) is 59.5 Å². The molecule has 0 saturated carbocycles. The van der Waals surface area contributed by atoms with Gasteiger partial charge in [0.25, 0.3) is 0 Å². The average molecular weight is 1230 g/mol. The molecular weight excluding hydrogens is 1210 g/mol. The number of hydrogen-bond donors (Lipinski definition) is 0. The second-order valence-electron chi connectivity index (χ2n) is 14.2. The molecule has 2 atom stereocenters. The van der Waals surface area contributed by atoms with Crippen LogP contribution in [0.5, 0.6) is 0 Å². The van der Waals surface area contributed by atoms with E-state index in [1.165, 1.54) is 0 Å². The maximum absolute atomic E-state index is 13.9. The Bertz CT molecular complexity index is 2090. The first-order chi connectivity index (χ1) is 33.1. The molecule has 46 heteroatoms. The molecule has 0 amide bonds. The van der Waals surface area contributed by atoms with E-state index < -0.39 is 195 Å². The van der Waals surface area contributed by atoms with Crippen LogP contribution in [0.4, 0.5) is 145 Å². The van der Waals surface area contributed by atoms with Gasteiger partial charge in [-0.3, -0.25) is 14.4 Å². The Balaban J connectivity index is 6.51. The molecule has 76 heavy (non-hydrogen) atoms. The van der Waals surface area contributed by atoms with Crippen molar-refractivity contribution in [3.8, 4) is 0 Å². The van der Waals surface area contributed by atoms with E-state index in [2.05, 4.69) is 28.4 Å². The largest absolute Gasteiger partial charge is 0.747 e. The van der Waals surface area contributed by atoms with Crippen molar-refractivity contribution in [2.24, 2.45) is 5.92 Å². The lowest BCUT2D eigenvalue weighted by Crippen LogP contribution is -2.67. The maximum atomic E-state index is 13.9. The van der Waals surface area contributed by atoms with Gasteiger partial charge < -0.3 is 33.0 Å². The standard InChI is InChI=1S/C30H23F33O12S/c31-16(32,19(37,38)22(43,44)25(49,50)28(55,56)57)8-70-1-4-73-12(64)7-11(14(65)74-5-2-71-9-17(33,34)20(39,40)23(45,46)26(51,52)29(58,59)60)13(76(67,68)69)15(66)75-6-3-72-10-18(35,36)21(41,42)24(47,48)27(53,54)30(61,62)63/h11,13H,1-10H2,(H,67,68,69)/p-1.